The van der Waals surface area contributed by atoms with Crippen molar-refractivity contribution < 1.29 is 13.9 Å². The van der Waals surface area contributed by atoms with Gasteiger partial charge in [-0.1, -0.05) is 17.7 Å². The zero-order valence-corrected chi connectivity index (χ0v) is 18.2. The topological polar surface area (TPSA) is 70.8 Å². The second-order valence-corrected chi connectivity index (χ2v) is 7.81. The summed E-state index contributed by atoms with van der Waals surface area (Å²) in [6.07, 6.45) is 0. The number of aromatic nitrogens is 1. The summed E-state index contributed by atoms with van der Waals surface area (Å²) < 4.78 is 11.1. The predicted octanol–water partition coefficient (Wildman–Crippen LogP) is 4.32. The Labute approximate surface area is 182 Å². The molecule has 162 valence electrons. The fraction of sp³-hybridized carbons (Fsp3) is 0.333. The van der Waals surface area contributed by atoms with Crippen LogP contribution in [-0.2, 0) is 6.54 Å². The Bertz CT molecular complexity index is 1020. The number of benzene rings is 2. The van der Waals surface area contributed by atoms with E-state index in [4.69, 9.17) is 14.1 Å². The average molecular weight is 421 g/mol. The molecule has 1 aliphatic heterocycles. The molecule has 0 bridgehead atoms. The van der Waals surface area contributed by atoms with Crippen LogP contribution < -0.4 is 10.1 Å². The molecule has 1 saturated heterocycles. The van der Waals surface area contributed by atoms with Crippen molar-refractivity contribution in [2.45, 2.75) is 20.4 Å². The SMILES string of the molecule is COc1ccc(-c2nc(CN3CCN(C(=O)Nc4ccc(C)cc4)CC3)c(C)o2)cc1. The van der Waals surface area contributed by atoms with Gasteiger partial charge in [-0.05, 0) is 50.2 Å². The normalized spacial score (nSPS) is 14.5. The van der Waals surface area contributed by atoms with Gasteiger partial charge in [-0.15, -0.1) is 0 Å². The largest absolute Gasteiger partial charge is 0.497 e. The van der Waals surface area contributed by atoms with Crippen LogP contribution in [0, 0.1) is 13.8 Å². The summed E-state index contributed by atoms with van der Waals surface area (Å²) in [5.74, 6) is 2.24. The third kappa shape index (κ3) is 5.06. The van der Waals surface area contributed by atoms with Gasteiger partial charge >= 0.3 is 6.03 Å². The van der Waals surface area contributed by atoms with E-state index in [2.05, 4.69) is 10.2 Å². The Morgan fingerprint density at radius 3 is 2.35 bits per heavy atom. The molecular formula is C24H28N4O3. The molecule has 0 spiro atoms. The number of nitrogens with zero attached hydrogens (tertiary/aromatic N) is 3. The van der Waals surface area contributed by atoms with Gasteiger partial charge in [-0.3, -0.25) is 4.90 Å². The summed E-state index contributed by atoms with van der Waals surface area (Å²) >= 11 is 0. The third-order valence-corrected chi connectivity index (χ3v) is 5.57. The number of aryl methyl sites for hydroxylation is 2. The number of nitrogens with one attached hydrogen (secondary N) is 1. The van der Waals surface area contributed by atoms with E-state index in [0.29, 0.717) is 25.5 Å². The standard InChI is InChI=1S/C24H28N4O3/c1-17-4-8-20(9-5-17)25-24(29)28-14-12-27(13-15-28)16-22-18(2)31-23(26-22)19-6-10-21(30-3)11-7-19/h4-11H,12-16H2,1-3H3,(H,25,29). The van der Waals surface area contributed by atoms with E-state index in [9.17, 15) is 4.79 Å². The number of hydrogen-bond acceptors (Lipinski definition) is 5. The summed E-state index contributed by atoms with van der Waals surface area (Å²) in [4.78, 5) is 21.4. The Morgan fingerprint density at radius 2 is 1.71 bits per heavy atom. The minimum atomic E-state index is -0.0529. The maximum Gasteiger partial charge on any atom is 0.321 e. The van der Waals surface area contributed by atoms with E-state index in [1.807, 2.05) is 67.3 Å². The number of ether oxygens (including phenoxy) is 1. The van der Waals surface area contributed by atoms with Crippen molar-refractivity contribution in [1.82, 2.24) is 14.8 Å². The molecule has 4 rings (SSSR count). The Morgan fingerprint density at radius 1 is 1.03 bits per heavy atom. The zero-order chi connectivity index (χ0) is 21.8. The highest BCUT2D eigenvalue weighted by Crippen LogP contribution is 2.25. The Kier molecular flexibility index (Phi) is 6.23. The molecule has 1 aromatic heterocycles. The highest BCUT2D eigenvalue weighted by molar-refractivity contribution is 5.89. The van der Waals surface area contributed by atoms with E-state index in [1.165, 1.54) is 5.56 Å². The first-order valence-corrected chi connectivity index (χ1v) is 10.5. The number of amides is 2. The van der Waals surface area contributed by atoms with Gasteiger partial charge in [0.15, 0.2) is 0 Å². The van der Waals surface area contributed by atoms with Crippen LogP contribution in [0.2, 0.25) is 0 Å². The molecular weight excluding hydrogens is 392 g/mol. The summed E-state index contributed by atoms with van der Waals surface area (Å²) in [6, 6.07) is 15.5. The fourth-order valence-electron chi connectivity index (χ4n) is 3.59. The molecule has 2 aromatic carbocycles. The van der Waals surface area contributed by atoms with Crippen molar-refractivity contribution in [2.75, 3.05) is 38.6 Å². The molecule has 3 aromatic rings. The van der Waals surface area contributed by atoms with Gasteiger partial charge in [0, 0.05) is 44.0 Å². The molecule has 0 aliphatic carbocycles. The van der Waals surface area contributed by atoms with Crippen LogP contribution in [0.1, 0.15) is 17.0 Å². The smallest absolute Gasteiger partial charge is 0.321 e. The number of oxazole rings is 1. The molecule has 7 nitrogen and oxygen atoms in total. The number of piperazine rings is 1. The van der Waals surface area contributed by atoms with Crippen molar-refractivity contribution in [1.29, 1.82) is 0 Å². The van der Waals surface area contributed by atoms with Crippen molar-refractivity contribution in [2.24, 2.45) is 0 Å². The second-order valence-electron chi connectivity index (χ2n) is 7.81. The lowest BCUT2D eigenvalue weighted by molar-refractivity contribution is 0.141. The summed E-state index contributed by atoms with van der Waals surface area (Å²) in [5.41, 5.74) is 3.85. The summed E-state index contributed by atoms with van der Waals surface area (Å²) in [6.45, 7) is 7.64. The highest BCUT2D eigenvalue weighted by Gasteiger charge is 2.23. The lowest BCUT2D eigenvalue weighted by Gasteiger charge is -2.34. The molecule has 7 heteroatoms. The van der Waals surface area contributed by atoms with E-state index >= 15 is 0 Å². The maximum atomic E-state index is 12.5. The maximum absolute atomic E-state index is 12.5. The zero-order valence-electron chi connectivity index (χ0n) is 18.2. The van der Waals surface area contributed by atoms with Crippen LogP contribution in [0.4, 0.5) is 10.5 Å². The van der Waals surface area contributed by atoms with Gasteiger partial charge in [0.2, 0.25) is 5.89 Å². The van der Waals surface area contributed by atoms with Crippen LogP contribution in [0.15, 0.2) is 52.9 Å². The van der Waals surface area contributed by atoms with Crippen molar-refractivity contribution in [3.05, 3.63) is 65.5 Å². The Balaban J connectivity index is 1.32. The molecule has 0 radical (unpaired) electrons. The van der Waals surface area contributed by atoms with Crippen LogP contribution in [0.25, 0.3) is 11.5 Å². The second kappa shape index (κ2) is 9.22. The number of anilines is 1. The molecule has 0 unspecified atom stereocenters. The van der Waals surface area contributed by atoms with E-state index in [1.54, 1.807) is 7.11 Å². The van der Waals surface area contributed by atoms with Crippen LogP contribution in [0.3, 0.4) is 0 Å². The molecule has 1 N–H and O–H groups in total. The molecule has 31 heavy (non-hydrogen) atoms. The summed E-state index contributed by atoms with van der Waals surface area (Å²) in [5, 5.41) is 2.97. The van der Waals surface area contributed by atoms with E-state index in [0.717, 1.165) is 41.5 Å². The Hall–Kier alpha value is -3.32. The van der Waals surface area contributed by atoms with Gasteiger partial charge < -0.3 is 19.4 Å². The predicted molar refractivity (Wildman–Crippen MR) is 120 cm³/mol. The first kappa shape index (κ1) is 20.9. The summed E-state index contributed by atoms with van der Waals surface area (Å²) in [7, 11) is 1.65. The molecule has 2 amide bonds. The van der Waals surface area contributed by atoms with Gasteiger partial charge in [-0.2, -0.15) is 0 Å². The minimum Gasteiger partial charge on any atom is -0.497 e. The minimum absolute atomic E-state index is 0.0529. The third-order valence-electron chi connectivity index (χ3n) is 5.57. The number of rotatable bonds is 5. The average Bonchev–Trinajstić information content (AvgIpc) is 3.16. The first-order chi connectivity index (χ1) is 15.0. The highest BCUT2D eigenvalue weighted by atomic mass is 16.5. The van der Waals surface area contributed by atoms with Gasteiger partial charge in [0.05, 0.1) is 12.8 Å². The monoisotopic (exact) mass is 420 g/mol. The fourth-order valence-corrected chi connectivity index (χ4v) is 3.59. The lowest BCUT2D eigenvalue weighted by atomic mass is 10.2. The van der Waals surface area contributed by atoms with Crippen LogP contribution in [-0.4, -0.2) is 54.1 Å². The lowest BCUT2D eigenvalue weighted by Crippen LogP contribution is -2.49. The quantitative estimate of drug-likeness (QED) is 0.666. The number of carbonyl (C=O) groups excluding carboxylic acids is 1. The van der Waals surface area contributed by atoms with Crippen molar-refractivity contribution in [3.8, 4) is 17.2 Å². The van der Waals surface area contributed by atoms with E-state index < -0.39 is 0 Å². The molecule has 0 atom stereocenters. The van der Waals surface area contributed by atoms with Gasteiger partial charge in [0.25, 0.3) is 0 Å². The van der Waals surface area contributed by atoms with Crippen molar-refractivity contribution >= 4 is 11.7 Å². The van der Waals surface area contributed by atoms with Gasteiger partial charge in [0.1, 0.15) is 11.5 Å². The first-order valence-electron chi connectivity index (χ1n) is 10.5. The molecule has 1 aliphatic rings. The van der Waals surface area contributed by atoms with Crippen molar-refractivity contribution in [3.63, 3.8) is 0 Å². The van der Waals surface area contributed by atoms with Crippen LogP contribution in [0.5, 0.6) is 5.75 Å². The number of carbonyl (C=O) groups is 1. The number of urea groups is 1. The van der Waals surface area contributed by atoms with Crippen LogP contribution >= 0.6 is 0 Å². The van der Waals surface area contributed by atoms with E-state index in [-0.39, 0.29) is 6.03 Å². The molecule has 2 heterocycles. The van der Waals surface area contributed by atoms with Gasteiger partial charge in [-0.25, -0.2) is 9.78 Å². The number of hydrogen-bond donors (Lipinski definition) is 1. The molecule has 1 fully saturated rings. The number of methoxy groups -OCH3 is 1. The molecule has 0 saturated carbocycles.